The Bertz CT molecular complexity index is 1830. The molecule has 3 fully saturated rings. The number of benzene rings is 3. The lowest BCUT2D eigenvalue weighted by atomic mass is 9.94. The minimum atomic E-state index is -1.03. The van der Waals surface area contributed by atoms with Crippen LogP contribution in [0.2, 0.25) is 0 Å². The lowest BCUT2D eigenvalue weighted by Crippen LogP contribution is -2.36. The number of hydrogen-bond acceptors (Lipinski definition) is 5. The van der Waals surface area contributed by atoms with Gasteiger partial charge in [0.05, 0.1) is 27.8 Å². The fraction of sp³-hybridized carbons (Fsp3) is 0.389. The van der Waals surface area contributed by atoms with Gasteiger partial charge in [0, 0.05) is 49.3 Å². The summed E-state index contributed by atoms with van der Waals surface area (Å²) in [6.07, 6.45) is 8.79. The van der Waals surface area contributed by atoms with Crippen LogP contribution in [0.25, 0.3) is 22.4 Å². The van der Waals surface area contributed by atoms with Crippen LogP contribution in [0.15, 0.2) is 54.6 Å². The molecule has 9 nitrogen and oxygen atoms in total. The molecule has 10 heteroatoms. The number of anilines is 2. The van der Waals surface area contributed by atoms with Crippen molar-refractivity contribution in [2.75, 3.05) is 22.9 Å². The molecule has 1 aromatic heterocycles. The van der Waals surface area contributed by atoms with Crippen molar-refractivity contribution in [3.05, 3.63) is 71.5 Å². The summed E-state index contributed by atoms with van der Waals surface area (Å²) < 4.78 is 24.2. The number of halogens is 1. The Balaban J connectivity index is 1.20. The van der Waals surface area contributed by atoms with Gasteiger partial charge in [0.25, 0.3) is 0 Å². The van der Waals surface area contributed by atoms with E-state index in [1.54, 1.807) is 40.1 Å². The molecule has 1 N–H and O–H groups in total. The van der Waals surface area contributed by atoms with Crippen molar-refractivity contribution < 1.29 is 28.6 Å². The summed E-state index contributed by atoms with van der Waals surface area (Å²) >= 11 is 0. The molecule has 1 aliphatic carbocycles. The van der Waals surface area contributed by atoms with Gasteiger partial charge >= 0.3 is 5.97 Å². The van der Waals surface area contributed by atoms with E-state index in [0.29, 0.717) is 48.6 Å². The molecule has 0 bridgehead atoms. The number of aromatic carboxylic acids is 1. The molecule has 238 valence electrons. The van der Waals surface area contributed by atoms with Crippen LogP contribution >= 0.6 is 0 Å². The predicted octanol–water partition coefficient (Wildman–Crippen LogP) is 7.27. The maximum Gasteiger partial charge on any atom is 0.335 e. The number of nitrogens with zero attached hydrogens (tertiary/aromatic N) is 4. The van der Waals surface area contributed by atoms with Gasteiger partial charge in [-0.15, -0.1) is 0 Å². The van der Waals surface area contributed by atoms with Gasteiger partial charge in [0.15, 0.2) is 0 Å². The third kappa shape index (κ3) is 5.72. The fourth-order valence-corrected chi connectivity index (χ4v) is 7.16. The van der Waals surface area contributed by atoms with E-state index >= 15 is 4.39 Å². The average molecular weight is 625 g/mol. The molecular weight excluding hydrogens is 587 g/mol. The molecule has 0 atom stereocenters. The molecule has 3 heterocycles. The number of amides is 2. The first-order chi connectivity index (χ1) is 22.4. The number of hydrogen-bond donors (Lipinski definition) is 1. The Morgan fingerprint density at radius 1 is 0.870 bits per heavy atom. The summed E-state index contributed by atoms with van der Waals surface area (Å²) in [5.74, 6) is -0.593. The van der Waals surface area contributed by atoms with E-state index in [4.69, 9.17) is 9.72 Å². The maximum atomic E-state index is 16.0. The minimum absolute atomic E-state index is 0.0595. The van der Waals surface area contributed by atoms with Crippen molar-refractivity contribution in [2.45, 2.75) is 76.9 Å². The van der Waals surface area contributed by atoms with E-state index in [9.17, 15) is 19.5 Å². The lowest BCUT2D eigenvalue weighted by molar-refractivity contribution is -0.119. The molecule has 0 spiro atoms. The van der Waals surface area contributed by atoms with Gasteiger partial charge in [-0.1, -0.05) is 19.3 Å². The second-order valence-electron chi connectivity index (χ2n) is 12.5. The number of carboxylic acids is 1. The van der Waals surface area contributed by atoms with Crippen LogP contribution in [-0.4, -0.2) is 45.5 Å². The molecule has 2 amide bonds. The highest BCUT2D eigenvalue weighted by Crippen LogP contribution is 2.38. The Labute approximate surface area is 266 Å². The highest BCUT2D eigenvalue weighted by molar-refractivity contribution is 5.98. The summed E-state index contributed by atoms with van der Waals surface area (Å²) in [4.78, 5) is 45.2. The number of fused-ring (bicyclic) bond motifs is 1. The topological polar surface area (TPSA) is 105 Å². The van der Waals surface area contributed by atoms with E-state index in [1.807, 2.05) is 18.2 Å². The molecule has 7 rings (SSSR count). The molecule has 4 aromatic rings. The molecule has 0 radical (unpaired) electrons. The first-order valence-corrected chi connectivity index (χ1v) is 16.3. The predicted molar refractivity (Wildman–Crippen MR) is 173 cm³/mol. The first kappa shape index (κ1) is 30.0. The van der Waals surface area contributed by atoms with Crippen LogP contribution in [0.5, 0.6) is 5.75 Å². The average Bonchev–Trinajstić information content (AvgIpc) is 3.67. The van der Waals surface area contributed by atoms with E-state index in [2.05, 4.69) is 4.57 Å². The summed E-state index contributed by atoms with van der Waals surface area (Å²) in [5, 5.41) is 9.53. The second kappa shape index (κ2) is 12.6. The van der Waals surface area contributed by atoms with E-state index < -0.39 is 11.8 Å². The minimum Gasteiger partial charge on any atom is -0.489 e. The summed E-state index contributed by atoms with van der Waals surface area (Å²) in [6.45, 7) is 1.36. The van der Waals surface area contributed by atoms with Gasteiger partial charge in [-0.05, 0) is 80.6 Å². The number of piperidine rings is 1. The number of carbonyl (C=O) groups excluding carboxylic acids is 2. The Hall–Kier alpha value is -4.73. The third-order valence-electron chi connectivity index (χ3n) is 9.51. The molecular formula is C36H37FN4O5. The summed E-state index contributed by atoms with van der Waals surface area (Å²) in [6, 6.07) is 15.4. The fourth-order valence-electron chi connectivity index (χ4n) is 7.16. The standard InChI is InChI=1S/C36H37FN4O5/c37-29-21-27(46-22-24-19-26(39-18-6-10-33(39)42)12-16-31(24)40-17-5-4-9-34(40)43)13-14-28(29)35-38-30-20-23(36(44)45)11-15-32(30)41(35)25-7-2-1-3-8-25/h11-16,19-21,25H,1-10,17-18,22H2,(H,44,45). The molecule has 2 aliphatic heterocycles. The van der Waals surface area contributed by atoms with Crippen molar-refractivity contribution in [1.82, 2.24) is 9.55 Å². The smallest absolute Gasteiger partial charge is 0.335 e. The van der Waals surface area contributed by atoms with Crippen LogP contribution in [0.4, 0.5) is 15.8 Å². The number of carbonyl (C=O) groups is 3. The Morgan fingerprint density at radius 2 is 1.65 bits per heavy atom. The van der Waals surface area contributed by atoms with Gasteiger partial charge in [-0.25, -0.2) is 14.2 Å². The number of carboxylic acid groups (broad SMARTS) is 1. The van der Waals surface area contributed by atoms with Gasteiger partial charge in [0.1, 0.15) is 24.0 Å². The zero-order valence-corrected chi connectivity index (χ0v) is 25.7. The van der Waals surface area contributed by atoms with Crippen molar-refractivity contribution in [3.63, 3.8) is 0 Å². The van der Waals surface area contributed by atoms with E-state index in [-0.39, 0.29) is 30.0 Å². The summed E-state index contributed by atoms with van der Waals surface area (Å²) in [5.41, 5.74) is 4.05. The highest BCUT2D eigenvalue weighted by atomic mass is 19.1. The molecule has 2 saturated heterocycles. The van der Waals surface area contributed by atoms with Crippen LogP contribution in [0, 0.1) is 5.82 Å². The van der Waals surface area contributed by atoms with Crippen molar-refractivity contribution in [3.8, 4) is 17.1 Å². The number of rotatable bonds is 8. The van der Waals surface area contributed by atoms with Crippen LogP contribution in [0.1, 0.15) is 86.2 Å². The normalized spacial score (nSPS) is 17.7. The van der Waals surface area contributed by atoms with Gasteiger partial charge < -0.3 is 24.2 Å². The van der Waals surface area contributed by atoms with Crippen LogP contribution in [-0.2, 0) is 16.2 Å². The van der Waals surface area contributed by atoms with E-state index in [1.165, 1.54) is 6.07 Å². The lowest BCUT2D eigenvalue weighted by Gasteiger charge is -2.29. The number of ether oxygens (including phenoxy) is 1. The van der Waals surface area contributed by atoms with Crippen molar-refractivity contribution in [1.29, 1.82) is 0 Å². The van der Waals surface area contributed by atoms with E-state index in [0.717, 1.165) is 73.8 Å². The van der Waals surface area contributed by atoms with Gasteiger partial charge in [0.2, 0.25) is 11.8 Å². The Kier molecular flexibility index (Phi) is 8.19. The quantitative estimate of drug-likeness (QED) is 0.221. The second-order valence-corrected chi connectivity index (χ2v) is 12.5. The van der Waals surface area contributed by atoms with Crippen molar-refractivity contribution in [2.24, 2.45) is 0 Å². The number of aromatic nitrogens is 2. The molecule has 3 aromatic carbocycles. The first-order valence-electron chi connectivity index (χ1n) is 16.3. The number of imidazole rings is 1. The van der Waals surface area contributed by atoms with Gasteiger partial charge in [-0.3, -0.25) is 9.59 Å². The largest absolute Gasteiger partial charge is 0.489 e. The molecule has 46 heavy (non-hydrogen) atoms. The van der Waals surface area contributed by atoms with Crippen molar-refractivity contribution >= 4 is 40.2 Å². The van der Waals surface area contributed by atoms with Gasteiger partial charge in [-0.2, -0.15) is 0 Å². The van der Waals surface area contributed by atoms with Crippen LogP contribution in [0.3, 0.4) is 0 Å². The molecule has 3 aliphatic rings. The van der Waals surface area contributed by atoms with Crippen LogP contribution < -0.4 is 14.5 Å². The Morgan fingerprint density at radius 3 is 2.39 bits per heavy atom. The third-order valence-corrected chi connectivity index (χ3v) is 9.51. The maximum absolute atomic E-state index is 16.0. The SMILES string of the molecule is O=C(O)c1ccc2c(c1)nc(-c1ccc(OCc3cc(N4CCCC4=O)ccc3N3CCCCC3=O)cc1F)n2C1CCCCC1. The highest BCUT2D eigenvalue weighted by Gasteiger charge is 2.27. The summed E-state index contributed by atoms with van der Waals surface area (Å²) in [7, 11) is 0. The zero-order chi connectivity index (χ0) is 31.8. The molecule has 0 unspecified atom stereocenters. The molecule has 1 saturated carbocycles. The monoisotopic (exact) mass is 624 g/mol. The zero-order valence-electron chi connectivity index (χ0n) is 25.7.